The maximum Gasteiger partial charge on any atom is 0.0953 e. The molecule has 2 N–H and O–H groups in total. The molecule has 1 aliphatic rings. The van der Waals surface area contributed by atoms with Gasteiger partial charge in [0.2, 0.25) is 0 Å². The standard InChI is InChI=1S/C15H19N3/c1-15(8-5-9-15)18-11-17-10-13(18)14(16)12-6-3-2-4-7-12/h2-4,6-7,10-11,14H,5,8-9,16H2,1H3. The van der Waals surface area contributed by atoms with E-state index in [1.165, 1.54) is 19.3 Å². The minimum absolute atomic E-state index is 0.0916. The second-order valence-corrected chi connectivity index (χ2v) is 5.43. The number of imidazole rings is 1. The summed E-state index contributed by atoms with van der Waals surface area (Å²) >= 11 is 0. The predicted molar refractivity (Wildman–Crippen MR) is 72.2 cm³/mol. The Kier molecular flexibility index (Phi) is 2.71. The average molecular weight is 241 g/mol. The molecule has 1 atom stereocenters. The van der Waals surface area contributed by atoms with Crippen LogP contribution in [0, 0.1) is 0 Å². The van der Waals surface area contributed by atoms with Gasteiger partial charge < -0.3 is 10.3 Å². The van der Waals surface area contributed by atoms with E-state index in [0.717, 1.165) is 11.3 Å². The van der Waals surface area contributed by atoms with E-state index in [-0.39, 0.29) is 11.6 Å². The summed E-state index contributed by atoms with van der Waals surface area (Å²) in [5, 5.41) is 0. The summed E-state index contributed by atoms with van der Waals surface area (Å²) in [7, 11) is 0. The molecule has 18 heavy (non-hydrogen) atoms. The maximum atomic E-state index is 6.38. The van der Waals surface area contributed by atoms with E-state index in [4.69, 9.17) is 5.73 Å². The molecule has 0 amide bonds. The highest BCUT2D eigenvalue weighted by Crippen LogP contribution is 2.40. The van der Waals surface area contributed by atoms with Crippen molar-refractivity contribution in [2.45, 2.75) is 37.8 Å². The Balaban J connectivity index is 1.96. The Morgan fingerprint density at radius 3 is 2.61 bits per heavy atom. The lowest BCUT2D eigenvalue weighted by Crippen LogP contribution is -2.39. The van der Waals surface area contributed by atoms with Crippen LogP contribution in [0.5, 0.6) is 0 Å². The minimum atomic E-state index is -0.0916. The number of rotatable bonds is 3. The van der Waals surface area contributed by atoms with Crippen LogP contribution in [0.1, 0.15) is 43.5 Å². The topological polar surface area (TPSA) is 43.8 Å². The first-order valence-electron chi connectivity index (χ1n) is 6.54. The van der Waals surface area contributed by atoms with E-state index in [0.29, 0.717) is 0 Å². The second-order valence-electron chi connectivity index (χ2n) is 5.43. The summed E-state index contributed by atoms with van der Waals surface area (Å²) < 4.78 is 2.27. The lowest BCUT2D eigenvalue weighted by atomic mass is 9.78. The smallest absolute Gasteiger partial charge is 0.0953 e. The predicted octanol–water partition coefficient (Wildman–Crippen LogP) is 2.83. The van der Waals surface area contributed by atoms with Crippen molar-refractivity contribution in [1.82, 2.24) is 9.55 Å². The molecule has 3 heteroatoms. The third-order valence-electron chi connectivity index (χ3n) is 4.16. The van der Waals surface area contributed by atoms with Crippen molar-refractivity contribution in [3.8, 4) is 0 Å². The van der Waals surface area contributed by atoms with E-state index in [1.54, 1.807) is 0 Å². The number of benzene rings is 1. The van der Waals surface area contributed by atoms with Crippen LogP contribution in [0.3, 0.4) is 0 Å². The summed E-state index contributed by atoms with van der Waals surface area (Å²) in [6.45, 7) is 2.29. The summed E-state index contributed by atoms with van der Waals surface area (Å²) in [6.07, 6.45) is 7.57. The summed E-state index contributed by atoms with van der Waals surface area (Å²) in [5.41, 5.74) is 8.85. The minimum Gasteiger partial charge on any atom is -0.327 e. The second kappa shape index (κ2) is 4.25. The monoisotopic (exact) mass is 241 g/mol. The zero-order valence-electron chi connectivity index (χ0n) is 10.7. The van der Waals surface area contributed by atoms with Crippen LogP contribution >= 0.6 is 0 Å². The molecule has 1 unspecified atom stereocenters. The fraction of sp³-hybridized carbons (Fsp3) is 0.400. The van der Waals surface area contributed by atoms with Gasteiger partial charge in [0, 0.05) is 5.54 Å². The largest absolute Gasteiger partial charge is 0.327 e. The van der Waals surface area contributed by atoms with Gasteiger partial charge in [-0.15, -0.1) is 0 Å². The first-order chi connectivity index (χ1) is 8.71. The van der Waals surface area contributed by atoms with Gasteiger partial charge in [0.05, 0.1) is 24.3 Å². The Labute approximate surface area is 108 Å². The highest BCUT2D eigenvalue weighted by molar-refractivity contribution is 5.27. The van der Waals surface area contributed by atoms with E-state index < -0.39 is 0 Å². The summed E-state index contributed by atoms with van der Waals surface area (Å²) in [5.74, 6) is 0. The molecule has 1 heterocycles. The highest BCUT2D eigenvalue weighted by Gasteiger charge is 2.35. The molecule has 0 radical (unpaired) electrons. The van der Waals surface area contributed by atoms with Crippen LogP contribution in [0.2, 0.25) is 0 Å². The number of nitrogens with zero attached hydrogens (tertiary/aromatic N) is 2. The third kappa shape index (κ3) is 1.75. The van der Waals surface area contributed by atoms with Gasteiger partial charge in [0.25, 0.3) is 0 Å². The zero-order chi connectivity index (χ0) is 12.6. The Morgan fingerprint density at radius 1 is 1.28 bits per heavy atom. The normalized spacial score (nSPS) is 19.2. The van der Waals surface area contributed by atoms with Gasteiger partial charge in [-0.2, -0.15) is 0 Å². The molecule has 1 fully saturated rings. The van der Waals surface area contributed by atoms with Crippen molar-refractivity contribution >= 4 is 0 Å². The molecule has 0 spiro atoms. The van der Waals surface area contributed by atoms with Gasteiger partial charge >= 0.3 is 0 Å². The number of hydrogen-bond acceptors (Lipinski definition) is 2. The Hall–Kier alpha value is -1.61. The molecular weight excluding hydrogens is 222 g/mol. The van der Waals surface area contributed by atoms with Crippen molar-refractivity contribution in [3.63, 3.8) is 0 Å². The fourth-order valence-electron chi connectivity index (χ4n) is 2.75. The molecule has 0 saturated heterocycles. The molecular formula is C15H19N3. The quantitative estimate of drug-likeness (QED) is 0.898. The number of aromatic nitrogens is 2. The molecule has 0 bridgehead atoms. The van der Waals surface area contributed by atoms with Crippen LogP contribution in [0.4, 0.5) is 0 Å². The molecule has 1 aromatic carbocycles. The van der Waals surface area contributed by atoms with Crippen LogP contribution in [0.15, 0.2) is 42.9 Å². The first kappa shape index (κ1) is 11.5. The van der Waals surface area contributed by atoms with E-state index >= 15 is 0 Å². The van der Waals surface area contributed by atoms with Crippen molar-refractivity contribution in [1.29, 1.82) is 0 Å². The van der Waals surface area contributed by atoms with Gasteiger partial charge in [0.1, 0.15) is 0 Å². The average Bonchev–Trinajstić information content (AvgIpc) is 2.85. The van der Waals surface area contributed by atoms with Crippen LogP contribution < -0.4 is 5.73 Å². The lowest BCUT2D eigenvalue weighted by Gasteiger charge is -2.41. The molecule has 2 aromatic rings. The number of hydrogen-bond donors (Lipinski definition) is 1. The molecule has 1 saturated carbocycles. The highest BCUT2D eigenvalue weighted by atomic mass is 15.1. The van der Waals surface area contributed by atoms with Crippen LogP contribution in [0.25, 0.3) is 0 Å². The van der Waals surface area contributed by atoms with Gasteiger partial charge in [0.15, 0.2) is 0 Å². The van der Waals surface area contributed by atoms with Crippen molar-refractivity contribution in [2.24, 2.45) is 5.73 Å². The Morgan fingerprint density at radius 2 is 2.00 bits per heavy atom. The zero-order valence-corrected chi connectivity index (χ0v) is 10.7. The Bertz CT molecular complexity index is 526. The van der Waals surface area contributed by atoms with Crippen molar-refractivity contribution in [3.05, 3.63) is 54.1 Å². The molecule has 1 aliphatic carbocycles. The van der Waals surface area contributed by atoms with E-state index in [9.17, 15) is 0 Å². The van der Waals surface area contributed by atoms with Crippen LogP contribution in [-0.2, 0) is 5.54 Å². The fourth-order valence-corrected chi connectivity index (χ4v) is 2.75. The van der Waals surface area contributed by atoms with Crippen molar-refractivity contribution < 1.29 is 0 Å². The van der Waals surface area contributed by atoms with E-state index in [1.807, 2.05) is 30.7 Å². The van der Waals surface area contributed by atoms with Gasteiger partial charge in [-0.05, 0) is 31.7 Å². The van der Waals surface area contributed by atoms with Gasteiger partial charge in [-0.1, -0.05) is 30.3 Å². The molecule has 94 valence electrons. The molecule has 3 rings (SSSR count). The molecule has 3 nitrogen and oxygen atoms in total. The first-order valence-corrected chi connectivity index (χ1v) is 6.54. The van der Waals surface area contributed by atoms with E-state index in [2.05, 4.69) is 28.6 Å². The van der Waals surface area contributed by atoms with Gasteiger partial charge in [-0.25, -0.2) is 4.98 Å². The summed E-state index contributed by atoms with van der Waals surface area (Å²) in [6, 6.07) is 10.1. The third-order valence-corrected chi connectivity index (χ3v) is 4.16. The maximum absolute atomic E-state index is 6.38. The lowest BCUT2D eigenvalue weighted by molar-refractivity contribution is 0.163. The molecule has 0 aliphatic heterocycles. The molecule has 1 aromatic heterocycles. The van der Waals surface area contributed by atoms with Crippen LogP contribution in [-0.4, -0.2) is 9.55 Å². The van der Waals surface area contributed by atoms with Crippen molar-refractivity contribution in [2.75, 3.05) is 0 Å². The van der Waals surface area contributed by atoms with Gasteiger partial charge in [-0.3, -0.25) is 0 Å². The summed E-state index contributed by atoms with van der Waals surface area (Å²) in [4.78, 5) is 4.30. The number of nitrogens with two attached hydrogens (primary N) is 1. The SMILES string of the molecule is CC1(n2cncc2C(N)c2ccccc2)CCC1.